The fraction of sp³-hybridized carbons (Fsp3) is 0.900. The van der Waals surface area contributed by atoms with E-state index < -0.39 is 0 Å². The topological polar surface area (TPSA) is 76.8 Å². The first-order chi connectivity index (χ1) is 7.72. The summed E-state index contributed by atoms with van der Waals surface area (Å²) in [6, 6.07) is -0.295. The Morgan fingerprint density at radius 2 is 2.31 bits per heavy atom. The van der Waals surface area contributed by atoms with Gasteiger partial charge in [0.1, 0.15) is 6.04 Å². The lowest BCUT2D eigenvalue weighted by Gasteiger charge is -2.25. The molecule has 6 nitrogen and oxygen atoms in total. The van der Waals surface area contributed by atoms with Crippen molar-refractivity contribution >= 4 is 5.91 Å². The fourth-order valence-electron chi connectivity index (χ4n) is 2.12. The molecular weight excluding hydrogens is 210 g/mol. The normalized spacial score (nSPS) is 23.3. The van der Waals surface area contributed by atoms with Gasteiger partial charge >= 0.3 is 0 Å². The summed E-state index contributed by atoms with van der Waals surface area (Å²) in [7, 11) is 3.28. The lowest BCUT2D eigenvalue weighted by atomic mass is 10.1. The highest BCUT2D eigenvalue weighted by Gasteiger charge is 2.31. The van der Waals surface area contributed by atoms with Crippen molar-refractivity contribution in [1.82, 2.24) is 10.3 Å². The molecule has 0 aromatic rings. The van der Waals surface area contributed by atoms with E-state index in [1.165, 1.54) is 0 Å². The Labute approximate surface area is 96.0 Å². The molecule has 0 aromatic carbocycles. The van der Waals surface area contributed by atoms with Gasteiger partial charge in [-0.25, -0.2) is 5.84 Å². The van der Waals surface area contributed by atoms with Crippen LogP contribution < -0.4 is 11.3 Å². The molecule has 3 N–H and O–H groups in total. The van der Waals surface area contributed by atoms with Gasteiger partial charge in [0.25, 0.3) is 5.91 Å². The molecule has 1 aliphatic heterocycles. The Kier molecular flexibility index (Phi) is 5.68. The van der Waals surface area contributed by atoms with E-state index in [-0.39, 0.29) is 11.9 Å². The summed E-state index contributed by atoms with van der Waals surface area (Å²) in [6.45, 7) is 2.84. The number of hydrogen-bond donors (Lipinski definition) is 2. The average Bonchev–Trinajstić information content (AvgIpc) is 2.74. The molecule has 1 fully saturated rings. The molecule has 1 aliphatic rings. The summed E-state index contributed by atoms with van der Waals surface area (Å²) in [5.41, 5.74) is 2.18. The van der Waals surface area contributed by atoms with Crippen molar-refractivity contribution in [2.75, 3.05) is 40.5 Å². The maximum absolute atomic E-state index is 11.6. The molecule has 1 rings (SSSR count). The molecule has 94 valence electrons. The van der Waals surface area contributed by atoms with E-state index in [1.807, 2.05) is 0 Å². The number of methoxy groups -OCH3 is 2. The number of nitrogens with one attached hydrogen (secondary N) is 1. The average molecular weight is 231 g/mol. The number of carbonyl (C=O) groups excluding carboxylic acids is 1. The maximum Gasteiger partial charge on any atom is 0.253 e. The highest BCUT2D eigenvalue weighted by atomic mass is 16.5. The number of hydrazine groups is 1. The highest BCUT2D eigenvalue weighted by Crippen LogP contribution is 2.19. The molecule has 0 aliphatic carbocycles. The monoisotopic (exact) mass is 231 g/mol. The van der Waals surface area contributed by atoms with E-state index in [2.05, 4.69) is 10.3 Å². The van der Waals surface area contributed by atoms with E-state index in [4.69, 9.17) is 15.3 Å². The van der Waals surface area contributed by atoms with Gasteiger partial charge in [0, 0.05) is 20.8 Å². The Balaban J connectivity index is 2.49. The number of carbonyl (C=O) groups is 1. The van der Waals surface area contributed by atoms with E-state index >= 15 is 0 Å². The second-order valence-electron chi connectivity index (χ2n) is 4.08. The third kappa shape index (κ3) is 3.41. The predicted octanol–water partition coefficient (Wildman–Crippen LogP) is -1.04. The van der Waals surface area contributed by atoms with Crippen LogP contribution in [0.4, 0.5) is 0 Å². The summed E-state index contributed by atoms with van der Waals surface area (Å²) < 4.78 is 10.2. The molecule has 2 atom stereocenters. The molecule has 0 radical (unpaired) electrons. The summed E-state index contributed by atoms with van der Waals surface area (Å²) in [6.07, 6.45) is 1.05. The van der Waals surface area contributed by atoms with Crippen LogP contribution in [0.2, 0.25) is 0 Å². The van der Waals surface area contributed by atoms with Gasteiger partial charge in [-0.15, -0.1) is 0 Å². The van der Waals surface area contributed by atoms with E-state index in [0.29, 0.717) is 12.5 Å². The van der Waals surface area contributed by atoms with Gasteiger partial charge in [-0.3, -0.25) is 15.1 Å². The van der Waals surface area contributed by atoms with Gasteiger partial charge < -0.3 is 9.47 Å². The van der Waals surface area contributed by atoms with Gasteiger partial charge in [-0.05, 0) is 18.9 Å². The fourth-order valence-corrected chi connectivity index (χ4v) is 2.12. The first-order valence-corrected chi connectivity index (χ1v) is 5.45. The van der Waals surface area contributed by atoms with Crippen LogP contribution in [0.1, 0.15) is 6.42 Å². The number of hydrogen-bond acceptors (Lipinski definition) is 5. The lowest BCUT2D eigenvalue weighted by Crippen LogP contribution is -2.50. The number of likely N-dealkylation sites (tertiary alicyclic amines) is 1. The summed E-state index contributed by atoms with van der Waals surface area (Å²) >= 11 is 0. The number of rotatable bonds is 6. The molecule has 0 saturated carbocycles. The standard InChI is InChI=1S/C10H21N3O3/c1-15-6-8-3-4-13(5-8)9(7-16-2)10(14)12-11/h8-9H,3-7,11H2,1-2H3,(H,12,14). The van der Waals surface area contributed by atoms with Crippen LogP contribution in [0, 0.1) is 5.92 Å². The molecule has 0 bridgehead atoms. The molecule has 0 spiro atoms. The van der Waals surface area contributed by atoms with E-state index in [1.54, 1.807) is 14.2 Å². The van der Waals surface area contributed by atoms with Gasteiger partial charge in [0.15, 0.2) is 0 Å². The van der Waals surface area contributed by atoms with Crippen molar-refractivity contribution < 1.29 is 14.3 Å². The number of ether oxygens (including phenoxy) is 2. The summed E-state index contributed by atoms with van der Waals surface area (Å²) in [5.74, 6) is 5.46. The number of nitrogens with two attached hydrogens (primary N) is 1. The SMILES string of the molecule is COCC1CCN(C(COC)C(=O)NN)C1. The minimum Gasteiger partial charge on any atom is -0.384 e. The maximum atomic E-state index is 11.6. The smallest absolute Gasteiger partial charge is 0.253 e. The van der Waals surface area contributed by atoms with Crippen molar-refractivity contribution in [2.45, 2.75) is 12.5 Å². The Hall–Kier alpha value is -0.690. The predicted molar refractivity (Wildman–Crippen MR) is 59.6 cm³/mol. The third-order valence-electron chi connectivity index (χ3n) is 2.93. The molecule has 16 heavy (non-hydrogen) atoms. The zero-order valence-corrected chi connectivity index (χ0v) is 9.94. The first kappa shape index (κ1) is 13.4. The Morgan fingerprint density at radius 1 is 1.56 bits per heavy atom. The van der Waals surface area contributed by atoms with Crippen molar-refractivity contribution in [3.05, 3.63) is 0 Å². The van der Waals surface area contributed by atoms with Crippen molar-refractivity contribution in [1.29, 1.82) is 0 Å². The van der Waals surface area contributed by atoms with E-state index in [0.717, 1.165) is 26.1 Å². The third-order valence-corrected chi connectivity index (χ3v) is 2.93. The molecular formula is C10H21N3O3. The molecule has 1 heterocycles. The van der Waals surface area contributed by atoms with Crippen LogP contribution in [0.3, 0.4) is 0 Å². The number of amides is 1. The molecule has 0 aromatic heterocycles. The van der Waals surface area contributed by atoms with Crippen LogP contribution >= 0.6 is 0 Å². The zero-order chi connectivity index (χ0) is 12.0. The minimum absolute atomic E-state index is 0.195. The molecule has 1 saturated heterocycles. The second-order valence-corrected chi connectivity index (χ2v) is 4.08. The largest absolute Gasteiger partial charge is 0.384 e. The van der Waals surface area contributed by atoms with E-state index in [9.17, 15) is 4.79 Å². The molecule has 6 heteroatoms. The lowest BCUT2D eigenvalue weighted by molar-refractivity contribution is -0.128. The van der Waals surface area contributed by atoms with Crippen molar-refractivity contribution in [3.63, 3.8) is 0 Å². The van der Waals surface area contributed by atoms with Gasteiger partial charge in [-0.2, -0.15) is 0 Å². The Bertz CT molecular complexity index is 225. The Morgan fingerprint density at radius 3 is 2.88 bits per heavy atom. The summed E-state index contributed by atoms with van der Waals surface area (Å²) in [5, 5.41) is 0. The highest BCUT2D eigenvalue weighted by molar-refractivity contribution is 5.81. The van der Waals surface area contributed by atoms with Gasteiger partial charge in [-0.1, -0.05) is 0 Å². The zero-order valence-electron chi connectivity index (χ0n) is 9.94. The van der Waals surface area contributed by atoms with Crippen LogP contribution in [-0.2, 0) is 14.3 Å². The van der Waals surface area contributed by atoms with Gasteiger partial charge in [0.05, 0.1) is 13.2 Å². The molecule has 2 unspecified atom stereocenters. The van der Waals surface area contributed by atoms with Gasteiger partial charge in [0.2, 0.25) is 0 Å². The molecule has 1 amide bonds. The van der Waals surface area contributed by atoms with Crippen LogP contribution in [0.15, 0.2) is 0 Å². The summed E-state index contributed by atoms with van der Waals surface area (Å²) in [4.78, 5) is 13.7. The van der Waals surface area contributed by atoms with Crippen LogP contribution in [0.25, 0.3) is 0 Å². The number of nitrogens with zero attached hydrogens (tertiary/aromatic N) is 1. The van der Waals surface area contributed by atoms with Crippen LogP contribution in [0.5, 0.6) is 0 Å². The van der Waals surface area contributed by atoms with Crippen molar-refractivity contribution in [3.8, 4) is 0 Å². The minimum atomic E-state index is -0.295. The second kappa shape index (κ2) is 6.80. The van der Waals surface area contributed by atoms with Crippen LogP contribution in [-0.4, -0.2) is 57.4 Å². The quantitative estimate of drug-likeness (QED) is 0.347. The van der Waals surface area contributed by atoms with Crippen molar-refractivity contribution in [2.24, 2.45) is 11.8 Å². The first-order valence-electron chi connectivity index (χ1n) is 5.45.